The van der Waals surface area contributed by atoms with Crippen LogP contribution in [-0.4, -0.2) is 23.6 Å². The average Bonchev–Trinajstić information content (AvgIpc) is 3.09. The van der Waals surface area contributed by atoms with Gasteiger partial charge in [-0.3, -0.25) is 4.98 Å². The maximum atomic E-state index is 5.75. The van der Waals surface area contributed by atoms with Crippen molar-refractivity contribution >= 4 is 21.8 Å². The molecule has 0 aliphatic rings. The summed E-state index contributed by atoms with van der Waals surface area (Å²) in [6, 6.07) is 12.7. The summed E-state index contributed by atoms with van der Waals surface area (Å²) in [5.41, 5.74) is 14.2. The molecule has 4 nitrogen and oxygen atoms in total. The van der Waals surface area contributed by atoms with Crippen LogP contribution in [0.4, 0.5) is 0 Å². The van der Waals surface area contributed by atoms with Crippen molar-refractivity contribution in [1.82, 2.24) is 9.97 Å². The summed E-state index contributed by atoms with van der Waals surface area (Å²) in [4.78, 5) is 8.32. The topological polar surface area (TPSA) is 63.9 Å². The van der Waals surface area contributed by atoms with E-state index in [4.69, 9.17) is 10.5 Å². The molecule has 144 valence electrons. The van der Waals surface area contributed by atoms with Crippen LogP contribution in [0.1, 0.15) is 29.5 Å². The zero-order chi connectivity index (χ0) is 19.7. The van der Waals surface area contributed by atoms with Gasteiger partial charge in [0.2, 0.25) is 0 Å². The maximum Gasteiger partial charge on any atom is 0.145 e. The van der Waals surface area contributed by atoms with E-state index in [2.05, 4.69) is 48.1 Å². The number of H-pyrrole nitrogens is 1. The first-order valence-corrected chi connectivity index (χ1v) is 9.88. The van der Waals surface area contributed by atoms with E-state index >= 15 is 0 Å². The zero-order valence-corrected chi connectivity index (χ0v) is 16.8. The molecule has 2 heterocycles. The number of aromatic nitrogens is 2. The molecular weight excluding hydrogens is 346 g/mol. The van der Waals surface area contributed by atoms with E-state index in [1.165, 1.54) is 38.9 Å². The molecule has 0 aliphatic heterocycles. The highest BCUT2D eigenvalue weighted by molar-refractivity contribution is 6.02. The summed E-state index contributed by atoms with van der Waals surface area (Å²) in [6.07, 6.45) is 4.93. The Morgan fingerprint density at radius 2 is 1.89 bits per heavy atom. The lowest BCUT2D eigenvalue weighted by atomic mass is 9.96. The van der Waals surface area contributed by atoms with Gasteiger partial charge in [-0.15, -0.1) is 0 Å². The number of nitrogens with one attached hydrogen (secondary N) is 1. The van der Waals surface area contributed by atoms with Crippen molar-refractivity contribution < 1.29 is 4.74 Å². The number of pyridine rings is 1. The van der Waals surface area contributed by atoms with Gasteiger partial charge in [-0.1, -0.05) is 18.2 Å². The van der Waals surface area contributed by atoms with Gasteiger partial charge in [0.15, 0.2) is 0 Å². The standard InChI is InChI=1S/C24H27N3O/c1-15-9-10-19-17(7-4-5-13-25)23(27-22(19)16(15)2)20-11-12-21(28-3)24-18(20)8-6-14-26-24/h6,8-12,14,27H,4-5,7,13,25H2,1-3H3. The number of fused-ring (bicyclic) bond motifs is 2. The third kappa shape index (κ3) is 3.04. The number of ether oxygens (including phenoxy) is 1. The summed E-state index contributed by atoms with van der Waals surface area (Å²) in [6.45, 7) is 5.08. The van der Waals surface area contributed by atoms with E-state index in [1.54, 1.807) is 7.11 Å². The Balaban J connectivity index is 1.99. The first-order chi connectivity index (χ1) is 13.7. The summed E-state index contributed by atoms with van der Waals surface area (Å²) in [5, 5.41) is 2.41. The first kappa shape index (κ1) is 18.5. The minimum atomic E-state index is 0.727. The molecule has 0 radical (unpaired) electrons. The van der Waals surface area contributed by atoms with Crippen LogP contribution in [-0.2, 0) is 6.42 Å². The average molecular weight is 374 g/mol. The second-order valence-corrected chi connectivity index (χ2v) is 7.37. The van der Waals surface area contributed by atoms with E-state index in [1.807, 2.05) is 18.3 Å². The monoisotopic (exact) mass is 373 g/mol. The lowest BCUT2D eigenvalue weighted by Crippen LogP contribution is -1.99. The van der Waals surface area contributed by atoms with Crippen LogP contribution in [0.25, 0.3) is 33.1 Å². The molecule has 0 spiro atoms. The molecule has 2 aromatic heterocycles. The number of hydrogen-bond donors (Lipinski definition) is 2. The van der Waals surface area contributed by atoms with Gasteiger partial charge in [0, 0.05) is 28.0 Å². The van der Waals surface area contributed by atoms with Gasteiger partial charge in [0.25, 0.3) is 0 Å². The van der Waals surface area contributed by atoms with Crippen LogP contribution in [0.5, 0.6) is 5.75 Å². The SMILES string of the molecule is COc1ccc(-c2[nH]c3c(C)c(C)ccc3c2CCCCN)c2cccnc12. The molecule has 4 heteroatoms. The minimum Gasteiger partial charge on any atom is -0.494 e. The van der Waals surface area contributed by atoms with Gasteiger partial charge < -0.3 is 15.5 Å². The Kier molecular flexibility index (Phi) is 5.05. The number of unbranched alkanes of at least 4 members (excludes halogenated alkanes) is 1. The van der Waals surface area contributed by atoms with Gasteiger partial charge in [-0.05, 0) is 74.5 Å². The molecule has 3 N–H and O–H groups in total. The number of rotatable bonds is 6. The molecular formula is C24H27N3O. The Morgan fingerprint density at radius 1 is 1.04 bits per heavy atom. The third-order valence-corrected chi connectivity index (χ3v) is 5.72. The molecule has 28 heavy (non-hydrogen) atoms. The number of hydrogen-bond acceptors (Lipinski definition) is 3. The van der Waals surface area contributed by atoms with E-state index in [0.29, 0.717) is 0 Å². The zero-order valence-electron chi connectivity index (χ0n) is 16.8. The van der Waals surface area contributed by atoms with Crippen molar-refractivity contribution in [3.05, 3.63) is 59.3 Å². The normalized spacial score (nSPS) is 11.4. The van der Waals surface area contributed by atoms with Crippen LogP contribution < -0.4 is 10.5 Å². The Morgan fingerprint density at radius 3 is 2.68 bits per heavy atom. The highest BCUT2D eigenvalue weighted by Crippen LogP contribution is 2.38. The fraction of sp³-hybridized carbons (Fsp3) is 0.292. The van der Waals surface area contributed by atoms with Crippen LogP contribution >= 0.6 is 0 Å². The number of methoxy groups -OCH3 is 1. The summed E-state index contributed by atoms with van der Waals surface area (Å²) < 4.78 is 5.54. The van der Waals surface area contributed by atoms with Crippen molar-refractivity contribution in [3.8, 4) is 17.0 Å². The molecule has 0 bridgehead atoms. The fourth-order valence-electron chi connectivity index (χ4n) is 4.03. The van der Waals surface area contributed by atoms with Crippen molar-refractivity contribution in [1.29, 1.82) is 0 Å². The minimum absolute atomic E-state index is 0.727. The molecule has 0 saturated heterocycles. The Bertz CT molecular complexity index is 1140. The number of nitrogens with two attached hydrogens (primary N) is 1. The molecule has 4 aromatic rings. The van der Waals surface area contributed by atoms with Gasteiger partial charge in [0.05, 0.1) is 12.8 Å². The predicted molar refractivity (Wildman–Crippen MR) is 117 cm³/mol. The largest absolute Gasteiger partial charge is 0.494 e. The smallest absolute Gasteiger partial charge is 0.145 e. The molecule has 2 aromatic carbocycles. The van der Waals surface area contributed by atoms with Crippen LogP contribution in [0, 0.1) is 13.8 Å². The quantitative estimate of drug-likeness (QED) is 0.451. The van der Waals surface area contributed by atoms with E-state index < -0.39 is 0 Å². The second-order valence-electron chi connectivity index (χ2n) is 7.37. The van der Waals surface area contributed by atoms with E-state index in [9.17, 15) is 0 Å². The van der Waals surface area contributed by atoms with Crippen LogP contribution in [0.3, 0.4) is 0 Å². The maximum absolute atomic E-state index is 5.75. The Hall–Kier alpha value is -2.85. The first-order valence-electron chi connectivity index (χ1n) is 9.88. The molecule has 0 unspecified atom stereocenters. The van der Waals surface area contributed by atoms with Crippen molar-refractivity contribution in [3.63, 3.8) is 0 Å². The molecule has 4 rings (SSSR count). The van der Waals surface area contributed by atoms with Gasteiger partial charge in [-0.25, -0.2) is 0 Å². The van der Waals surface area contributed by atoms with Crippen molar-refractivity contribution in [2.75, 3.05) is 13.7 Å². The van der Waals surface area contributed by atoms with E-state index in [-0.39, 0.29) is 0 Å². The lowest BCUT2D eigenvalue weighted by molar-refractivity contribution is 0.419. The van der Waals surface area contributed by atoms with E-state index in [0.717, 1.165) is 42.5 Å². The van der Waals surface area contributed by atoms with Crippen LogP contribution in [0.2, 0.25) is 0 Å². The summed E-state index contributed by atoms with van der Waals surface area (Å²) >= 11 is 0. The highest BCUT2D eigenvalue weighted by Gasteiger charge is 2.18. The van der Waals surface area contributed by atoms with Gasteiger partial charge >= 0.3 is 0 Å². The highest BCUT2D eigenvalue weighted by atomic mass is 16.5. The molecule has 0 amide bonds. The van der Waals surface area contributed by atoms with Crippen LogP contribution in [0.15, 0.2) is 42.6 Å². The Labute approximate surface area is 165 Å². The van der Waals surface area contributed by atoms with Crippen molar-refractivity contribution in [2.45, 2.75) is 33.1 Å². The third-order valence-electron chi connectivity index (χ3n) is 5.72. The number of aromatic amines is 1. The van der Waals surface area contributed by atoms with Crippen molar-refractivity contribution in [2.24, 2.45) is 5.73 Å². The number of benzene rings is 2. The molecule has 0 saturated carbocycles. The van der Waals surface area contributed by atoms with Gasteiger partial charge in [-0.2, -0.15) is 0 Å². The predicted octanol–water partition coefficient (Wildman–Crippen LogP) is 5.29. The molecule has 0 atom stereocenters. The number of nitrogens with zero attached hydrogens (tertiary/aromatic N) is 1. The fourth-order valence-corrected chi connectivity index (χ4v) is 4.03. The summed E-state index contributed by atoms with van der Waals surface area (Å²) in [5.74, 6) is 0.798. The second kappa shape index (κ2) is 7.64. The van der Waals surface area contributed by atoms with Gasteiger partial charge in [0.1, 0.15) is 11.3 Å². The summed E-state index contributed by atoms with van der Waals surface area (Å²) in [7, 11) is 1.69. The number of aryl methyl sites for hydroxylation is 3. The lowest BCUT2D eigenvalue weighted by Gasteiger charge is -2.11. The molecule has 0 fully saturated rings. The molecule has 0 aliphatic carbocycles.